The molecule has 434 valence electrons. The molecule has 0 aliphatic rings. The number of ether oxygens (including phenoxy) is 3. The van der Waals surface area contributed by atoms with E-state index >= 15 is 0 Å². The molecule has 76 heavy (non-hydrogen) atoms. The van der Waals surface area contributed by atoms with Gasteiger partial charge in [0.05, 0.1) is 6.42 Å². The van der Waals surface area contributed by atoms with Crippen LogP contribution in [0.1, 0.15) is 297 Å². The quantitative estimate of drug-likeness (QED) is 0.0261. The second kappa shape index (κ2) is 63.6. The first-order chi connectivity index (χ1) is 37.5. The highest BCUT2D eigenvalue weighted by Gasteiger charge is 2.19. The Balaban J connectivity index is 4.34. The molecule has 0 radical (unpaired) electrons. The van der Waals surface area contributed by atoms with Crippen LogP contribution in [0.5, 0.6) is 0 Å². The number of hydrogen-bond acceptors (Lipinski definition) is 6. The SMILES string of the molecule is CC/C=C\C/C=C\C/C=C\C/C=C\C/C=C\CC(=O)OCC(COC(=O)CCCCCCCCCCCCCCCC/C=C\C/C=C\C/C=C\C/C=C\CC)OC(=O)CCCCCCCCCCCCCCCCCC. The molecule has 1 atom stereocenters. The molecule has 0 fully saturated rings. The number of hydrogen-bond donors (Lipinski definition) is 0. The maximum absolute atomic E-state index is 12.9. The molecule has 0 N–H and O–H groups in total. The summed E-state index contributed by atoms with van der Waals surface area (Å²) in [4.78, 5) is 38.2. The molecule has 0 saturated heterocycles. The van der Waals surface area contributed by atoms with Crippen molar-refractivity contribution in [1.82, 2.24) is 0 Å². The van der Waals surface area contributed by atoms with E-state index in [0.717, 1.165) is 96.3 Å². The van der Waals surface area contributed by atoms with Crippen LogP contribution < -0.4 is 0 Å². The van der Waals surface area contributed by atoms with Crippen LogP contribution >= 0.6 is 0 Å². The molecular weight excluding hydrogens is 937 g/mol. The summed E-state index contributed by atoms with van der Waals surface area (Å²) in [6, 6.07) is 0. The lowest BCUT2D eigenvalue weighted by Crippen LogP contribution is -2.30. The van der Waals surface area contributed by atoms with E-state index in [4.69, 9.17) is 14.2 Å². The van der Waals surface area contributed by atoms with Crippen molar-refractivity contribution in [1.29, 1.82) is 0 Å². The lowest BCUT2D eigenvalue weighted by molar-refractivity contribution is -0.166. The summed E-state index contributed by atoms with van der Waals surface area (Å²) in [6.45, 7) is 6.35. The van der Waals surface area contributed by atoms with Crippen LogP contribution in [0.2, 0.25) is 0 Å². The zero-order chi connectivity index (χ0) is 55.0. The van der Waals surface area contributed by atoms with Crippen molar-refractivity contribution in [2.75, 3.05) is 13.2 Å². The molecule has 0 aromatic heterocycles. The molecule has 0 aliphatic carbocycles. The number of allylic oxidation sites excluding steroid dienone is 17. The fourth-order valence-electron chi connectivity index (χ4n) is 8.86. The van der Waals surface area contributed by atoms with Gasteiger partial charge in [-0.1, -0.05) is 304 Å². The third-order valence-corrected chi connectivity index (χ3v) is 13.6. The van der Waals surface area contributed by atoms with Crippen LogP contribution in [-0.4, -0.2) is 37.2 Å². The minimum atomic E-state index is -0.818. The van der Waals surface area contributed by atoms with E-state index in [0.29, 0.717) is 12.8 Å². The zero-order valence-corrected chi connectivity index (χ0v) is 49.7. The second-order valence-electron chi connectivity index (χ2n) is 20.9. The standard InChI is InChI=1S/C70H118O6/c1-4-7-10-13-16-19-22-25-28-30-31-32-33-34-35-36-37-38-39-40-43-45-48-51-54-57-60-63-69(72)75-66-67(65-74-68(71)62-59-56-53-50-47-44-41-27-24-21-18-15-12-9-6-3)76-70(73)64-61-58-55-52-49-46-42-29-26-23-20-17-14-11-8-5-2/h7,9-10,12,16,18-19,21,25,27-28,31-32,41,47,50,56,59,67H,4-6,8,11,13-15,17,20,22-24,26,29-30,33-40,42-46,48-49,51-55,57-58,60-66H2,1-3H3/b10-7-,12-9-,19-16-,21-18-,28-25-,32-31-,41-27-,50-47-,59-56-. The van der Waals surface area contributed by atoms with Crippen molar-refractivity contribution in [2.24, 2.45) is 0 Å². The molecule has 0 heterocycles. The molecule has 0 saturated carbocycles. The Morgan fingerprint density at radius 3 is 0.921 bits per heavy atom. The van der Waals surface area contributed by atoms with E-state index < -0.39 is 12.1 Å². The number of unbranched alkanes of at least 4 members (excludes halogenated alkanes) is 29. The Bertz CT molecular complexity index is 1540. The maximum atomic E-state index is 12.9. The highest BCUT2D eigenvalue weighted by Crippen LogP contribution is 2.17. The van der Waals surface area contributed by atoms with Crippen molar-refractivity contribution >= 4 is 17.9 Å². The van der Waals surface area contributed by atoms with Gasteiger partial charge in [0.15, 0.2) is 6.10 Å². The monoisotopic (exact) mass is 1050 g/mol. The Labute approximate surface area is 470 Å². The minimum absolute atomic E-state index is 0.106. The predicted octanol–water partition coefficient (Wildman–Crippen LogP) is 21.8. The van der Waals surface area contributed by atoms with Crippen LogP contribution in [0.4, 0.5) is 0 Å². The van der Waals surface area contributed by atoms with E-state index in [2.05, 4.69) is 118 Å². The van der Waals surface area contributed by atoms with E-state index in [1.165, 1.54) is 161 Å². The molecule has 0 amide bonds. The van der Waals surface area contributed by atoms with Gasteiger partial charge >= 0.3 is 17.9 Å². The number of esters is 3. The lowest BCUT2D eigenvalue weighted by atomic mass is 10.0. The zero-order valence-electron chi connectivity index (χ0n) is 49.7. The van der Waals surface area contributed by atoms with Gasteiger partial charge in [-0.15, -0.1) is 0 Å². The highest BCUT2D eigenvalue weighted by molar-refractivity contribution is 5.72. The lowest BCUT2D eigenvalue weighted by Gasteiger charge is -2.18. The Hall–Kier alpha value is -3.93. The first-order valence-electron chi connectivity index (χ1n) is 31.9. The average molecular weight is 1060 g/mol. The molecule has 6 heteroatoms. The summed E-state index contributed by atoms with van der Waals surface area (Å²) in [5.74, 6) is -1.03. The van der Waals surface area contributed by atoms with E-state index in [9.17, 15) is 14.4 Å². The van der Waals surface area contributed by atoms with Gasteiger partial charge in [0.1, 0.15) is 13.2 Å². The van der Waals surface area contributed by atoms with Crippen LogP contribution in [0.15, 0.2) is 109 Å². The van der Waals surface area contributed by atoms with E-state index in [-0.39, 0.29) is 31.6 Å². The number of carbonyl (C=O) groups excluding carboxylic acids is 3. The molecule has 0 bridgehead atoms. The van der Waals surface area contributed by atoms with E-state index in [1.54, 1.807) is 6.08 Å². The Morgan fingerprint density at radius 2 is 0.566 bits per heavy atom. The molecule has 6 nitrogen and oxygen atoms in total. The largest absolute Gasteiger partial charge is 0.462 e. The molecule has 0 aromatic rings. The fourth-order valence-corrected chi connectivity index (χ4v) is 8.86. The summed E-state index contributed by atoms with van der Waals surface area (Å²) in [7, 11) is 0. The van der Waals surface area contributed by atoms with Gasteiger partial charge in [0.2, 0.25) is 0 Å². The molecule has 0 rings (SSSR count). The second-order valence-corrected chi connectivity index (χ2v) is 20.9. The Morgan fingerprint density at radius 1 is 0.289 bits per heavy atom. The van der Waals surface area contributed by atoms with Crippen LogP contribution in [0.25, 0.3) is 0 Å². The van der Waals surface area contributed by atoms with Crippen molar-refractivity contribution in [3.05, 3.63) is 109 Å². The van der Waals surface area contributed by atoms with E-state index in [1.807, 2.05) is 6.08 Å². The van der Waals surface area contributed by atoms with Gasteiger partial charge in [-0.25, -0.2) is 0 Å². The summed E-state index contributed by atoms with van der Waals surface area (Å²) in [6.07, 6.45) is 87.0. The molecule has 0 spiro atoms. The van der Waals surface area contributed by atoms with Gasteiger partial charge in [0, 0.05) is 12.8 Å². The minimum Gasteiger partial charge on any atom is -0.462 e. The smallest absolute Gasteiger partial charge is 0.309 e. The summed E-state index contributed by atoms with van der Waals surface area (Å²) in [5.41, 5.74) is 0. The first kappa shape index (κ1) is 72.1. The van der Waals surface area contributed by atoms with Gasteiger partial charge in [-0.3, -0.25) is 14.4 Å². The molecule has 0 aliphatic heterocycles. The number of carbonyl (C=O) groups is 3. The fraction of sp³-hybridized carbons (Fsp3) is 0.700. The average Bonchev–Trinajstić information content (AvgIpc) is 3.42. The molecular formula is C70H118O6. The summed E-state index contributed by atoms with van der Waals surface area (Å²) >= 11 is 0. The molecule has 1 unspecified atom stereocenters. The molecule has 0 aromatic carbocycles. The number of rotatable bonds is 57. The third-order valence-electron chi connectivity index (χ3n) is 13.6. The Kier molecular flexibility index (Phi) is 60.3. The van der Waals surface area contributed by atoms with Crippen LogP contribution in [0, 0.1) is 0 Å². The van der Waals surface area contributed by atoms with Crippen LogP contribution in [-0.2, 0) is 28.6 Å². The summed E-state index contributed by atoms with van der Waals surface area (Å²) in [5, 5.41) is 0. The van der Waals surface area contributed by atoms with Gasteiger partial charge in [-0.05, 0) is 83.5 Å². The van der Waals surface area contributed by atoms with Crippen LogP contribution in [0.3, 0.4) is 0 Å². The highest BCUT2D eigenvalue weighted by atomic mass is 16.6. The summed E-state index contributed by atoms with van der Waals surface area (Å²) < 4.78 is 16.8. The first-order valence-corrected chi connectivity index (χ1v) is 31.9. The van der Waals surface area contributed by atoms with Crippen molar-refractivity contribution in [3.63, 3.8) is 0 Å². The normalized spacial score (nSPS) is 12.8. The van der Waals surface area contributed by atoms with Gasteiger partial charge in [-0.2, -0.15) is 0 Å². The maximum Gasteiger partial charge on any atom is 0.309 e. The van der Waals surface area contributed by atoms with Crippen molar-refractivity contribution in [3.8, 4) is 0 Å². The third kappa shape index (κ3) is 60.9. The topological polar surface area (TPSA) is 78.9 Å². The van der Waals surface area contributed by atoms with Crippen molar-refractivity contribution in [2.45, 2.75) is 303 Å². The van der Waals surface area contributed by atoms with Gasteiger partial charge < -0.3 is 14.2 Å². The predicted molar refractivity (Wildman–Crippen MR) is 330 cm³/mol. The van der Waals surface area contributed by atoms with Gasteiger partial charge in [0.25, 0.3) is 0 Å². The van der Waals surface area contributed by atoms with Crippen molar-refractivity contribution < 1.29 is 28.6 Å².